The highest BCUT2D eigenvalue weighted by atomic mass is 35.5. The van der Waals surface area contributed by atoms with E-state index in [-0.39, 0.29) is 62.2 Å². The normalized spacial score (nSPS) is 16.2. The van der Waals surface area contributed by atoms with Gasteiger partial charge < -0.3 is 28.9 Å². The van der Waals surface area contributed by atoms with Gasteiger partial charge in [-0.1, -0.05) is 17.7 Å². The van der Waals surface area contributed by atoms with E-state index in [1.165, 1.54) is 60.1 Å². The van der Waals surface area contributed by atoms with Gasteiger partial charge in [0.1, 0.15) is 12.4 Å². The number of hydrogen-bond donors (Lipinski definition) is 1. The number of carbonyl (C=O) groups is 3. The van der Waals surface area contributed by atoms with E-state index in [1.807, 2.05) is 4.90 Å². The van der Waals surface area contributed by atoms with Gasteiger partial charge in [0.25, 0.3) is 11.8 Å². The van der Waals surface area contributed by atoms with Gasteiger partial charge >= 0.3 is 0 Å². The maximum Gasteiger partial charge on any atom is 0.291 e. The number of rotatable bonds is 10. The fourth-order valence-corrected chi connectivity index (χ4v) is 7.20. The molecule has 2 fully saturated rings. The third-order valence-electron chi connectivity index (χ3n) is 10.2. The van der Waals surface area contributed by atoms with Crippen LogP contribution in [0.5, 0.6) is 0 Å². The van der Waals surface area contributed by atoms with Crippen LogP contribution in [-0.2, 0) is 29.8 Å². The van der Waals surface area contributed by atoms with Gasteiger partial charge in [-0.2, -0.15) is 5.10 Å². The van der Waals surface area contributed by atoms with Crippen molar-refractivity contribution in [2.75, 3.05) is 72.4 Å². The topological polar surface area (TPSA) is 115 Å². The Bertz CT molecular complexity index is 2010. The summed E-state index contributed by atoms with van der Waals surface area (Å²) in [5.74, 6) is -3.21. The molecule has 1 N–H and O–H groups in total. The summed E-state index contributed by atoms with van der Waals surface area (Å²) in [4.78, 5) is 47.4. The summed E-state index contributed by atoms with van der Waals surface area (Å²) in [6.45, 7) is 3.27. The Morgan fingerprint density at radius 3 is 2.30 bits per heavy atom. The Balaban J connectivity index is 1.09. The average Bonchev–Trinajstić information content (AvgIpc) is 3.74. The van der Waals surface area contributed by atoms with E-state index in [0.29, 0.717) is 45.0 Å². The number of carbonyl (C=O) groups excluding carboxylic acids is 3. The molecule has 53 heavy (non-hydrogen) atoms. The molecule has 0 bridgehead atoms. The van der Waals surface area contributed by atoms with E-state index in [9.17, 15) is 18.8 Å². The summed E-state index contributed by atoms with van der Waals surface area (Å²) >= 11 is 6.53. The molecule has 4 aromatic rings. The maximum absolute atomic E-state index is 15.5. The van der Waals surface area contributed by atoms with E-state index < -0.39 is 24.2 Å². The number of piperazine rings is 1. The number of anilines is 1. The molecule has 2 saturated heterocycles. The van der Waals surface area contributed by atoms with E-state index in [4.69, 9.17) is 16.3 Å². The highest BCUT2D eigenvalue weighted by molar-refractivity contribution is 6.34. The number of likely N-dealkylation sites (tertiary alicyclic amines) is 1. The Hall–Kier alpha value is -4.73. The molecule has 6 rings (SSSR count). The van der Waals surface area contributed by atoms with Crippen LogP contribution in [0.1, 0.15) is 39.5 Å². The smallest absolute Gasteiger partial charge is 0.291 e. The number of ether oxygens (including phenoxy) is 1. The first-order valence-electron chi connectivity index (χ1n) is 17.4. The highest BCUT2D eigenvalue weighted by Gasteiger charge is 2.35. The lowest BCUT2D eigenvalue weighted by molar-refractivity contribution is -0.895. The van der Waals surface area contributed by atoms with Crippen LogP contribution in [-0.4, -0.2) is 118 Å². The van der Waals surface area contributed by atoms with E-state index in [2.05, 4.69) is 29.5 Å². The van der Waals surface area contributed by atoms with Gasteiger partial charge in [0.15, 0.2) is 17.5 Å². The predicted molar refractivity (Wildman–Crippen MR) is 193 cm³/mol. The zero-order valence-corrected chi connectivity index (χ0v) is 30.9. The number of nitrogens with zero attached hydrogens (tertiary/aromatic N) is 7. The Kier molecular flexibility index (Phi) is 11.3. The third-order valence-corrected chi connectivity index (χ3v) is 10.5. The van der Waals surface area contributed by atoms with Crippen LogP contribution in [0.3, 0.4) is 0 Å². The van der Waals surface area contributed by atoms with Crippen molar-refractivity contribution in [3.63, 3.8) is 0 Å². The SMILES string of the molecule is COCCn1cc(-c2ccc(-c3cnc(C(=O)Nc4ccc(C(=O)N5CCN(C(=O)C6CC[N+](C)(C)CC6)CC5)c(Cl)c4)n3C)c(F)c2F)c(CF)n1. The summed E-state index contributed by atoms with van der Waals surface area (Å²) < 4.78 is 53.4. The number of hydrogen-bond acceptors (Lipinski definition) is 6. The summed E-state index contributed by atoms with van der Waals surface area (Å²) in [5.41, 5.74) is 0.464. The van der Waals surface area contributed by atoms with Crippen LogP contribution in [0.2, 0.25) is 5.02 Å². The lowest BCUT2D eigenvalue weighted by Gasteiger charge is -2.40. The van der Waals surface area contributed by atoms with Gasteiger partial charge in [-0.15, -0.1) is 0 Å². The first-order valence-corrected chi connectivity index (χ1v) is 17.8. The van der Waals surface area contributed by atoms with Crippen molar-refractivity contribution in [3.8, 4) is 22.4 Å². The lowest BCUT2D eigenvalue weighted by Crippen LogP contribution is -2.54. The molecule has 2 aromatic carbocycles. The second-order valence-electron chi connectivity index (χ2n) is 14.1. The molecule has 4 heterocycles. The molecule has 0 atom stereocenters. The van der Waals surface area contributed by atoms with E-state index >= 15 is 8.78 Å². The number of alkyl halides is 1. The number of imidazole rings is 1. The van der Waals surface area contributed by atoms with Crippen LogP contribution in [0, 0.1) is 17.6 Å². The van der Waals surface area contributed by atoms with Crippen LogP contribution in [0.25, 0.3) is 22.4 Å². The van der Waals surface area contributed by atoms with Crippen molar-refractivity contribution in [1.82, 2.24) is 29.1 Å². The van der Waals surface area contributed by atoms with Crippen LogP contribution in [0.15, 0.2) is 42.7 Å². The van der Waals surface area contributed by atoms with Gasteiger partial charge in [-0.05, 0) is 24.3 Å². The maximum atomic E-state index is 15.5. The second kappa shape index (κ2) is 15.7. The highest BCUT2D eigenvalue weighted by Crippen LogP contribution is 2.34. The summed E-state index contributed by atoms with van der Waals surface area (Å²) in [6.07, 6.45) is 4.42. The Morgan fingerprint density at radius 1 is 0.981 bits per heavy atom. The number of amides is 3. The number of nitrogens with one attached hydrogen (secondary N) is 1. The summed E-state index contributed by atoms with van der Waals surface area (Å²) in [6, 6.07) is 7.19. The molecule has 2 aliphatic heterocycles. The van der Waals surface area contributed by atoms with Gasteiger partial charge in [0, 0.05) is 87.7 Å². The van der Waals surface area contributed by atoms with Gasteiger partial charge in [0.2, 0.25) is 5.91 Å². The summed E-state index contributed by atoms with van der Waals surface area (Å²) in [7, 11) is 7.35. The average molecular weight is 756 g/mol. The first kappa shape index (κ1) is 38.0. The van der Waals surface area contributed by atoms with E-state index in [1.54, 1.807) is 11.0 Å². The van der Waals surface area contributed by atoms with Crippen molar-refractivity contribution < 1.29 is 36.8 Å². The molecule has 2 aliphatic rings. The molecule has 12 nitrogen and oxygen atoms in total. The zero-order chi connectivity index (χ0) is 38.0. The molecule has 0 aliphatic carbocycles. The van der Waals surface area contributed by atoms with Crippen molar-refractivity contribution >= 4 is 35.0 Å². The van der Waals surface area contributed by atoms with Gasteiger partial charge in [-0.25, -0.2) is 18.2 Å². The molecular weight excluding hydrogens is 713 g/mol. The van der Waals surface area contributed by atoms with Crippen molar-refractivity contribution in [2.24, 2.45) is 13.0 Å². The first-order chi connectivity index (χ1) is 25.3. The minimum absolute atomic E-state index is 0.0284. The van der Waals surface area contributed by atoms with E-state index in [0.717, 1.165) is 30.4 Å². The Morgan fingerprint density at radius 2 is 1.64 bits per heavy atom. The molecule has 0 radical (unpaired) electrons. The number of aromatic nitrogens is 4. The second-order valence-corrected chi connectivity index (χ2v) is 14.5. The third kappa shape index (κ3) is 7.97. The minimum atomic E-state index is -1.20. The predicted octanol–water partition coefficient (Wildman–Crippen LogP) is 5.02. The monoisotopic (exact) mass is 755 g/mol. The molecule has 3 amide bonds. The fraction of sp³-hybridized carbons (Fsp3) is 0.432. The lowest BCUT2D eigenvalue weighted by atomic mass is 9.94. The van der Waals surface area contributed by atoms with Crippen molar-refractivity contribution in [1.29, 1.82) is 0 Å². The number of benzene rings is 2. The van der Waals surface area contributed by atoms with Gasteiger partial charge in [-0.3, -0.25) is 19.1 Å². The zero-order valence-electron chi connectivity index (χ0n) is 30.2. The molecule has 0 saturated carbocycles. The fourth-order valence-electron chi connectivity index (χ4n) is 6.94. The quantitative estimate of drug-likeness (QED) is 0.228. The van der Waals surface area contributed by atoms with Gasteiger partial charge in [0.05, 0.1) is 62.8 Å². The summed E-state index contributed by atoms with van der Waals surface area (Å²) in [5, 5.41) is 6.93. The molecule has 2 aromatic heterocycles. The molecule has 0 unspecified atom stereocenters. The number of halogens is 4. The molecular formula is C37H43ClF3N8O4+. The standard InChI is InChI=1S/C37H42ClF3N8O4/c1-45-31(27-8-7-25(32(40)33(27)41)28-22-48(15-18-53-4)44-30(28)20-39)21-42-34(45)35(50)43-24-5-6-26(29(38)19-24)37(52)47-13-11-46(12-14-47)36(51)23-9-16-49(2,3)17-10-23/h5-8,19,21-23H,9-18,20H2,1-4H3/p+1. The largest absolute Gasteiger partial charge is 0.383 e. The van der Waals surface area contributed by atoms with Crippen LogP contribution < -0.4 is 5.32 Å². The minimum Gasteiger partial charge on any atom is -0.383 e. The van der Waals surface area contributed by atoms with Crippen molar-refractivity contribution in [2.45, 2.75) is 26.1 Å². The Labute approximate surface area is 310 Å². The molecule has 282 valence electrons. The van der Waals surface area contributed by atoms with Crippen molar-refractivity contribution in [3.05, 3.63) is 76.5 Å². The number of piperidine rings is 1. The molecule has 0 spiro atoms. The number of quaternary nitrogens is 1. The van der Waals surface area contributed by atoms with Crippen LogP contribution in [0.4, 0.5) is 18.9 Å². The number of methoxy groups -OCH3 is 1. The van der Waals surface area contributed by atoms with Crippen LogP contribution >= 0.6 is 11.6 Å². The molecule has 16 heteroatoms.